The molecule has 7 nitrogen and oxygen atoms in total. The van der Waals surface area contributed by atoms with Crippen molar-refractivity contribution in [3.05, 3.63) is 47.1 Å². The van der Waals surface area contributed by atoms with E-state index in [2.05, 4.69) is 15.0 Å². The zero-order valence-corrected chi connectivity index (χ0v) is 13.2. The fraction of sp³-hybridized carbons (Fsp3) is 0.438. The Morgan fingerprint density at radius 1 is 1.22 bits per heavy atom. The highest BCUT2D eigenvalue weighted by molar-refractivity contribution is 5.94. The second-order valence-electron chi connectivity index (χ2n) is 5.70. The molecule has 0 unspecified atom stereocenters. The van der Waals surface area contributed by atoms with Crippen LogP contribution in [0.3, 0.4) is 0 Å². The number of hydrogen-bond donors (Lipinski definition) is 1. The van der Waals surface area contributed by atoms with Gasteiger partial charge in [-0.25, -0.2) is 0 Å². The van der Waals surface area contributed by atoms with Crippen molar-refractivity contribution in [1.29, 1.82) is 0 Å². The van der Waals surface area contributed by atoms with Gasteiger partial charge < -0.3 is 15.2 Å². The normalized spacial score (nSPS) is 15.8. The van der Waals surface area contributed by atoms with Crippen LogP contribution in [0.15, 0.2) is 28.8 Å². The molecule has 0 aliphatic carbocycles. The number of hydrogen-bond acceptors (Lipinski definition) is 6. The minimum Gasteiger partial charge on any atom is -0.340 e. The Morgan fingerprint density at radius 2 is 1.91 bits per heavy atom. The van der Waals surface area contributed by atoms with Gasteiger partial charge in [0.05, 0.1) is 6.54 Å². The van der Waals surface area contributed by atoms with Crippen molar-refractivity contribution in [2.75, 3.05) is 26.2 Å². The summed E-state index contributed by atoms with van der Waals surface area (Å²) in [6.07, 6.45) is 0. The number of nitrogens with two attached hydrogens (primary N) is 1. The zero-order valence-electron chi connectivity index (χ0n) is 13.2. The van der Waals surface area contributed by atoms with Gasteiger partial charge in [-0.1, -0.05) is 17.3 Å². The molecule has 1 aromatic carbocycles. The van der Waals surface area contributed by atoms with Crippen LogP contribution in [0.4, 0.5) is 0 Å². The second-order valence-corrected chi connectivity index (χ2v) is 5.70. The van der Waals surface area contributed by atoms with E-state index in [-0.39, 0.29) is 5.91 Å². The molecule has 1 aliphatic rings. The molecule has 1 amide bonds. The maximum atomic E-state index is 12.5. The van der Waals surface area contributed by atoms with Crippen molar-refractivity contribution in [1.82, 2.24) is 19.9 Å². The van der Waals surface area contributed by atoms with E-state index in [9.17, 15) is 4.79 Å². The summed E-state index contributed by atoms with van der Waals surface area (Å²) in [4.78, 5) is 20.8. The van der Waals surface area contributed by atoms with Crippen molar-refractivity contribution >= 4 is 5.91 Å². The van der Waals surface area contributed by atoms with Crippen LogP contribution >= 0.6 is 0 Å². The third-order valence-corrected chi connectivity index (χ3v) is 4.03. The molecule has 0 radical (unpaired) electrons. The molecule has 1 saturated heterocycles. The number of carbonyl (C=O) groups is 1. The van der Waals surface area contributed by atoms with Crippen LogP contribution in [0.25, 0.3) is 0 Å². The fourth-order valence-electron chi connectivity index (χ4n) is 2.68. The fourth-order valence-corrected chi connectivity index (χ4v) is 2.68. The first-order chi connectivity index (χ1) is 11.2. The van der Waals surface area contributed by atoms with Gasteiger partial charge >= 0.3 is 0 Å². The number of carbonyl (C=O) groups excluding carboxylic acids is 1. The molecule has 0 saturated carbocycles. The first-order valence-electron chi connectivity index (χ1n) is 7.75. The summed E-state index contributed by atoms with van der Waals surface area (Å²) in [7, 11) is 0. The molecule has 3 rings (SSSR count). The lowest BCUT2D eigenvalue weighted by atomic mass is 10.1. The molecule has 1 fully saturated rings. The summed E-state index contributed by atoms with van der Waals surface area (Å²) in [6, 6.07) is 7.50. The van der Waals surface area contributed by atoms with Crippen molar-refractivity contribution < 1.29 is 9.32 Å². The Kier molecular flexibility index (Phi) is 4.68. The number of benzene rings is 1. The van der Waals surface area contributed by atoms with Crippen molar-refractivity contribution in [3.63, 3.8) is 0 Å². The Hall–Kier alpha value is -2.25. The van der Waals surface area contributed by atoms with Crippen LogP contribution in [0, 0.1) is 6.92 Å². The molecule has 122 valence electrons. The molecule has 7 heteroatoms. The third-order valence-electron chi connectivity index (χ3n) is 4.03. The predicted molar refractivity (Wildman–Crippen MR) is 84.5 cm³/mol. The van der Waals surface area contributed by atoms with Crippen LogP contribution < -0.4 is 5.73 Å². The summed E-state index contributed by atoms with van der Waals surface area (Å²) in [6.45, 7) is 5.94. The van der Waals surface area contributed by atoms with Gasteiger partial charge in [0.1, 0.15) is 0 Å². The third kappa shape index (κ3) is 3.75. The maximum absolute atomic E-state index is 12.5. The molecule has 1 aliphatic heterocycles. The smallest absolute Gasteiger partial charge is 0.253 e. The van der Waals surface area contributed by atoms with Gasteiger partial charge in [0.15, 0.2) is 5.82 Å². The maximum Gasteiger partial charge on any atom is 0.253 e. The van der Waals surface area contributed by atoms with Crippen molar-refractivity contribution in [3.8, 4) is 0 Å². The largest absolute Gasteiger partial charge is 0.340 e. The van der Waals surface area contributed by atoms with E-state index in [0.29, 0.717) is 43.5 Å². The molecule has 0 spiro atoms. The zero-order chi connectivity index (χ0) is 16.2. The van der Waals surface area contributed by atoms with Gasteiger partial charge in [0, 0.05) is 45.2 Å². The number of rotatable bonds is 4. The number of aryl methyl sites for hydroxylation is 1. The minimum atomic E-state index is 0.0728. The molecule has 2 N–H and O–H groups in total. The van der Waals surface area contributed by atoms with Crippen LogP contribution in [0.2, 0.25) is 0 Å². The predicted octanol–water partition coefficient (Wildman–Crippen LogP) is 0.795. The highest BCUT2D eigenvalue weighted by Gasteiger charge is 2.23. The SMILES string of the molecule is Cc1nc(CN2CCN(C(=O)c3ccc(CN)cc3)CC2)no1. The van der Waals surface area contributed by atoms with E-state index in [1.807, 2.05) is 29.2 Å². The van der Waals surface area contributed by atoms with Crippen LogP contribution in [0.1, 0.15) is 27.6 Å². The van der Waals surface area contributed by atoms with Gasteiger partial charge in [-0.15, -0.1) is 0 Å². The van der Waals surface area contributed by atoms with Gasteiger partial charge in [0.2, 0.25) is 5.89 Å². The topological polar surface area (TPSA) is 88.5 Å². The average Bonchev–Trinajstić information content (AvgIpc) is 3.00. The highest BCUT2D eigenvalue weighted by Crippen LogP contribution is 2.11. The van der Waals surface area contributed by atoms with Crippen molar-refractivity contribution in [2.24, 2.45) is 5.73 Å². The molecule has 23 heavy (non-hydrogen) atoms. The van der Waals surface area contributed by atoms with E-state index >= 15 is 0 Å². The highest BCUT2D eigenvalue weighted by atomic mass is 16.5. The lowest BCUT2D eigenvalue weighted by molar-refractivity contribution is 0.0624. The standard InChI is InChI=1S/C16H21N5O2/c1-12-18-15(19-23-12)11-20-6-8-21(9-7-20)16(22)14-4-2-13(10-17)3-5-14/h2-5H,6-11,17H2,1H3. The lowest BCUT2D eigenvalue weighted by Crippen LogP contribution is -2.48. The summed E-state index contributed by atoms with van der Waals surface area (Å²) in [5.74, 6) is 1.35. The molecule has 0 atom stereocenters. The minimum absolute atomic E-state index is 0.0728. The van der Waals surface area contributed by atoms with E-state index in [1.165, 1.54) is 0 Å². The van der Waals surface area contributed by atoms with Crippen LogP contribution in [0.5, 0.6) is 0 Å². The monoisotopic (exact) mass is 315 g/mol. The number of amides is 1. The van der Waals surface area contributed by atoms with Crippen molar-refractivity contribution in [2.45, 2.75) is 20.0 Å². The van der Waals surface area contributed by atoms with Gasteiger partial charge in [0.25, 0.3) is 5.91 Å². The Balaban J connectivity index is 1.54. The molecule has 2 heterocycles. The molecule has 0 bridgehead atoms. The van der Waals surface area contributed by atoms with Crippen LogP contribution in [-0.4, -0.2) is 52.0 Å². The van der Waals surface area contributed by atoms with Crippen LogP contribution in [-0.2, 0) is 13.1 Å². The van der Waals surface area contributed by atoms with E-state index in [1.54, 1.807) is 6.92 Å². The number of piperazine rings is 1. The van der Waals surface area contributed by atoms with E-state index < -0.39 is 0 Å². The Morgan fingerprint density at radius 3 is 2.48 bits per heavy atom. The van der Waals surface area contributed by atoms with Gasteiger partial charge in [-0.3, -0.25) is 9.69 Å². The lowest BCUT2D eigenvalue weighted by Gasteiger charge is -2.34. The summed E-state index contributed by atoms with van der Waals surface area (Å²) < 4.78 is 4.98. The van der Waals surface area contributed by atoms with Gasteiger partial charge in [-0.2, -0.15) is 4.98 Å². The first-order valence-corrected chi connectivity index (χ1v) is 7.75. The Bertz CT molecular complexity index is 659. The summed E-state index contributed by atoms with van der Waals surface area (Å²) in [5, 5.41) is 3.91. The number of aromatic nitrogens is 2. The molecular weight excluding hydrogens is 294 g/mol. The molecule has 2 aromatic rings. The first kappa shape index (κ1) is 15.6. The summed E-state index contributed by atoms with van der Waals surface area (Å²) >= 11 is 0. The molecular formula is C16H21N5O2. The molecule has 1 aromatic heterocycles. The second kappa shape index (κ2) is 6.89. The number of nitrogens with zero attached hydrogens (tertiary/aromatic N) is 4. The summed E-state index contributed by atoms with van der Waals surface area (Å²) in [5.41, 5.74) is 7.32. The van der Waals surface area contributed by atoms with E-state index in [0.717, 1.165) is 18.7 Å². The Labute approximate surface area is 135 Å². The van der Waals surface area contributed by atoms with Gasteiger partial charge in [-0.05, 0) is 17.7 Å². The van der Waals surface area contributed by atoms with E-state index in [4.69, 9.17) is 10.3 Å². The quantitative estimate of drug-likeness (QED) is 0.897. The average molecular weight is 315 g/mol.